The molecule has 0 N–H and O–H groups in total. The van der Waals surface area contributed by atoms with Gasteiger partial charge in [0.05, 0.1) is 15.5 Å². The van der Waals surface area contributed by atoms with E-state index in [1.54, 1.807) is 12.1 Å². The van der Waals surface area contributed by atoms with Gasteiger partial charge in [0.2, 0.25) is 0 Å². The number of fused-ring (bicyclic) bond motifs is 1. The van der Waals surface area contributed by atoms with Crippen LogP contribution in [-0.2, 0) is 0 Å². The van der Waals surface area contributed by atoms with Gasteiger partial charge in [-0.05, 0) is 12.1 Å². The number of rotatable bonds is 3. The summed E-state index contributed by atoms with van der Waals surface area (Å²) in [4.78, 5) is 23.1. The first kappa shape index (κ1) is 11.9. The van der Waals surface area contributed by atoms with Gasteiger partial charge in [0.1, 0.15) is 0 Å². The summed E-state index contributed by atoms with van der Waals surface area (Å²) in [6.45, 7) is 0. The van der Waals surface area contributed by atoms with Crippen LogP contribution in [-0.4, -0.2) is 12.0 Å². The van der Waals surface area contributed by atoms with E-state index in [0.717, 1.165) is 4.70 Å². The molecule has 0 amide bonds. The number of aldehydes is 1. The number of thioether (sulfide) groups is 1. The molecule has 2 aromatic rings. The minimum atomic E-state index is -0.214. The topological polar surface area (TPSA) is 34.1 Å². The highest BCUT2D eigenvalue weighted by Crippen LogP contribution is 2.29. The van der Waals surface area contributed by atoms with Crippen LogP contribution in [0.5, 0.6) is 0 Å². The lowest BCUT2D eigenvalue weighted by atomic mass is 10.2. The van der Waals surface area contributed by atoms with Crippen molar-refractivity contribution in [3.63, 3.8) is 0 Å². The molecule has 2 rings (SSSR count). The lowest BCUT2D eigenvalue weighted by Crippen LogP contribution is -2.08. The number of hydrogen-bond acceptors (Lipinski definition) is 4. The monoisotopic (exact) mass is 260 g/mol. The Morgan fingerprint density at radius 2 is 2.18 bits per heavy atom. The van der Waals surface area contributed by atoms with Crippen LogP contribution in [0.3, 0.4) is 0 Å². The second-order valence-electron chi connectivity index (χ2n) is 3.24. The van der Waals surface area contributed by atoms with Crippen LogP contribution in [0, 0.1) is 12.3 Å². The average molecular weight is 260 g/mol. The molecule has 0 fully saturated rings. The van der Waals surface area contributed by atoms with E-state index in [1.807, 2.05) is 12.1 Å². The Bertz CT molecular complexity index is 665. The molecule has 2 nitrogen and oxygen atoms in total. The molecule has 0 aliphatic heterocycles. The Labute approximate surface area is 107 Å². The molecule has 0 aliphatic rings. The summed E-state index contributed by atoms with van der Waals surface area (Å²) in [5.74, 6) is 2.94. The molecule has 0 spiro atoms. The summed E-state index contributed by atoms with van der Waals surface area (Å²) in [5, 5.41) is 0.588. The van der Waals surface area contributed by atoms with Gasteiger partial charge in [-0.15, -0.1) is 29.5 Å². The molecule has 1 heterocycles. The summed E-state index contributed by atoms with van der Waals surface area (Å²) in [5.41, 5.74) is 0.00261. The third kappa shape index (κ3) is 2.26. The minimum absolute atomic E-state index is 0.214. The minimum Gasteiger partial charge on any atom is -0.298 e. The van der Waals surface area contributed by atoms with Gasteiger partial charge in [0.25, 0.3) is 0 Å². The molecular weight excluding hydrogens is 252 g/mol. The van der Waals surface area contributed by atoms with E-state index >= 15 is 0 Å². The third-order valence-corrected chi connectivity index (χ3v) is 4.58. The van der Waals surface area contributed by atoms with Crippen molar-refractivity contribution in [1.82, 2.24) is 0 Å². The number of terminal acetylenes is 1. The fourth-order valence-corrected chi connectivity index (χ4v) is 3.51. The standard InChI is InChI=1S/C13H8O2S2/c1-2-7-16-13-10(8-14)12(15)9-5-3-4-6-11(9)17-13/h1,3-6,8H,7H2. The van der Waals surface area contributed by atoms with Gasteiger partial charge in [-0.1, -0.05) is 18.1 Å². The first-order chi connectivity index (χ1) is 8.27. The fraction of sp³-hybridized carbons (Fsp3) is 0.0769. The molecule has 4 heteroatoms. The van der Waals surface area contributed by atoms with E-state index in [0.29, 0.717) is 21.6 Å². The van der Waals surface area contributed by atoms with Crippen molar-refractivity contribution >= 4 is 39.5 Å². The van der Waals surface area contributed by atoms with E-state index in [1.165, 1.54) is 23.1 Å². The van der Waals surface area contributed by atoms with Gasteiger partial charge in [-0.2, -0.15) is 0 Å². The van der Waals surface area contributed by atoms with Crippen LogP contribution in [0.1, 0.15) is 10.4 Å². The molecular formula is C13H8O2S2. The van der Waals surface area contributed by atoms with Crippen molar-refractivity contribution in [1.29, 1.82) is 0 Å². The summed E-state index contributed by atoms with van der Waals surface area (Å²) in [6, 6.07) is 7.26. The zero-order valence-electron chi connectivity index (χ0n) is 8.80. The molecule has 0 aliphatic carbocycles. The predicted octanol–water partition coefficient (Wildman–Crippen LogP) is 2.80. The Kier molecular flexibility index (Phi) is 3.62. The van der Waals surface area contributed by atoms with Crippen LogP contribution in [0.15, 0.2) is 33.3 Å². The molecule has 0 radical (unpaired) electrons. The van der Waals surface area contributed by atoms with E-state index in [9.17, 15) is 9.59 Å². The van der Waals surface area contributed by atoms with Crippen molar-refractivity contribution in [3.8, 4) is 12.3 Å². The van der Waals surface area contributed by atoms with Gasteiger partial charge in [0, 0.05) is 10.1 Å². The zero-order valence-corrected chi connectivity index (χ0v) is 10.4. The maximum atomic E-state index is 12.1. The second-order valence-corrected chi connectivity index (χ2v) is 5.54. The highest BCUT2D eigenvalue weighted by molar-refractivity contribution is 8.01. The lowest BCUT2D eigenvalue weighted by Gasteiger charge is -2.03. The van der Waals surface area contributed by atoms with Crippen LogP contribution in [0.2, 0.25) is 0 Å². The Morgan fingerprint density at radius 1 is 1.41 bits per heavy atom. The molecule has 1 aromatic carbocycles. The van der Waals surface area contributed by atoms with Gasteiger partial charge >= 0.3 is 0 Å². The highest BCUT2D eigenvalue weighted by Gasteiger charge is 2.11. The molecule has 0 saturated carbocycles. The van der Waals surface area contributed by atoms with Gasteiger partial charge in [-0.25, -0.2) is 0 Å². The number of carbonyl (C=O) groups is 1. The van der Waals surface area contributed by atoms with E-state index in [-0.39, 0.29) is 11.0 Å². The molecule has 0 bridgehead atoms. The number of benzene rings is 1. The molecule has 1 aromatic heterocycles. The van der Waals surface area contributed by atoms with E-state index < -0.39 is 0 Å². The predicted molar refractivity (Wildman–Crippen MR) is 73.0 cm³/mol. The van der Waals surface area contributed by atoms with Crippen molar-refractivity contribution in [2.45, 2.75) is 4.21 Å². The Morgan fingerprint density at radius 3 is 2.88 bits per heavy atom. The zero-order chi connectivity index (χ0) is 12.3. The van der Waals surface area contributed by atoms with Crippen LogP contribution in [0.4, 0.5) is 0 Å². The molecule has 0 saturated heterocycles. The van der Waals surface area contributed by atoms with Crippen LogP contribution >= 0.6 is 23.1 Å². The maximum absolute atomic E-state index is 12.1. The molecule has 84 valence electrons. The van der Waals surface area contributed by atoms with Gasteiger partial charge in [0.15, 0.2) is 11.7 Å². The summed E-state index contributed by atoms with van der Waals surface area (Å²) in [7, 11) is 0. The van der Waals surface area contributed by atoms with Crippen molar-refractivity contribution in [2.24, 2.45) is 0 Å². The third-order valence-electron chi connectivity index (χ3n) is 2.20. The molecule has 17 heavy (non-hydrogen) atoms. The fourth-order valence-electron chi connectivity index (χ4n) is 1.45. The smallest absolute Gasteiger partial charge is 0.199 e. The summed E-state index contributed by atoms with van der Waals surface area (Å²) < 4.78 is 1.57. The van der Waals surface area contributed by atoms with Crippen molar-refractivity contribution < 1.29 is 4.79 Å². The average Bonchev–Trinajstić information content (AvgIpc) is 2.36. The van der Waals surface area contributed by atoms with Gasteiger partial charge in [-0.3, -0.25) is 9.59 Å². The van der Waals surface area contributed by atoms with Crippen molar-refractivity contribution in [3.05, 3.63) is 40.1 Å². The second kappa shape index (κ2) is 5.17. The van der Waals surface area contributed by atoms with Crippen molar-refractivity contribution in [2.75, 3.05) is 5.75 Å². The normalized spacial score (nSPS) is 10.1. The number of hydrogen-bond donors (Lipinski definition) is 0. The molecule has 0 atom stereocenters. The van der Waals surface area contributed by atoms with E-state index in [2.05, 4.69) is 5.92 Å². The van der Waals surface area contributed by atoms with Crippen LogP contribution < -0.4 is 5.43 Å². The summed E-state index contributed by atoms with van der Waals surface area (Å²) in [6.07, 6.45) is 5.80. The largest absolute Gasteiger partial charge is 0.298 e. The maximum Gasteiger partial charge on any atom is 0.199 e. The highest BCUT2D eigenvalue weighted by atomic mass is 32.2. The Balaban J connectivity index is 2.72. The lowest BCUT2D eigenvalue weighted by molar-refractivity contribution is 0.112. The first-order valence-corrected chi connectivity index (χ1v) is 6.65. The van der Waals surface area contributed by atoms with Gasteiger partial charge < -0.3 is 0 Å². The van der Waals surface area contributed by atoms with E-state index in [4.69, 9.17) is 6.42 Å². The summed E-state index contributed by atoms with van der Waals surface area (Å²) >= 11 is 2.78. The SMILES string of the molecule is C#CCSc1sc2ccccc2c(=O)c1C=O. The number of carbonyl (C=O) groups excluding carboxylic acids is 1. The van der Waals surface area contributed by atoms with Crippen LogP contribution in [0.25, 0.3) is 10.1 Å². The molecule has 0 unspecified atom stereocenters. The Hall–Kier alpha value is -1.57. The first-order valence-electron chi connectivity index (χ1n) is 4.85. The quantitative estimate of drug-likeness (QED) is 0.483.